The number of carbonyl (C=O) groups excluding carboxylic acids is 2. The minimum absolute atomic E-state index is 0. The van der Waals surface area contributed by atoms with Crippen molar-refractivity contribution in [1.82, 2.24) is 0 Å². The van der Waals surface area contributed by atoms with E-state index in [1.165, 1.54) is 0 Å². The average Bonchev–Trinajstić information content (AvgIpc) is 3.19. The van der Waals surface area contributed by atoms with Crippen molar-refractivity contribution in [1.29, 1.82) is 0 Å². The molecule has 5 nitrogen and oxygen atoms in total. The zero-order chi connectivity index (χ0) is 18.5. The summed E-state index contributed by atoms with van der Waals surface area (Å²) in [6.07, 6.45) is 4.09. The van der Waals surface area contributed by atoms with Gasteiger partial charge in [-0.2, -0.15) is 0 Å². The van der Waals surface area contributed by atoms with Gasteiger partial charge in [-0.15, -0.1) is 12.4 Å². The van der Waals surface area contributed by atoms with Gasteiger partial charge >= 0.3 is 0 Å². The van der Waals surface area contributed by atoms with Crippen LogP contribution < -0.4 is 16.4 Å². The first-order chi connectivity index (χ1) is 12.6. The third kappa shape index (κ3) is 5.31. The van der Waals surface area contributed by atoms with Crippen molar-refractivity contribution in [3.05, 3.63) is 59.2 Å². The maximum Gasteiger partial charge on any atom is 0.255 e. The van der Waals surface area contributed by atoms with E-state index in [0.717, 1.165) is 36.8 Å². The summed E-state index contributed by atoms with van der Waals surface area (Å²) in [6, 6.07) is 12.8. The molecular weight excluding hydrogens is 362 g/mol. The molecule has 3 rings (SSSR count). The van der Waals surface area contributed by atoms with Crippen molar-refractivity contribution in [2.45, 2.75) is 39.2 Å². The summed E-state index contributed by atoms with van der Waals surface area (Å²) in [5.41, 5.74) is 9.38. The van der Waals surface area contributed by atoms with Gasteiger partial charge in [-0.1, -0.05) is 31.0 Å². The van der Waals surface area contributed by atoms with Crippen molar-refractivity contribution in [3.8, 4) is 0 Å². The highest BCUT2D eigenvalue weighted by atomic mass is 35.5. The van der Waals surface area contributed by atoms with E-state index in [4.69, 9.17) is 5.73 Å². The van der Waals surface area contributed by atoms with E-state index in [-0.39, 0.29) is 30.1 Å². The molecule has 0 spiro atoms. The molecule has 27 heavy (non-hydrogen) atoms. The molecule has 2 aromatic rings. The summed E-state index contributed by atoms with van der Waals surface area (Å²) in [7, 11) is 0. The van der Waals surface area contributed by atoms with Crippen LogP contribution >= 0.6 is 12.4 Å². The summed E-state index contributed by atoms with van der Waals surface area (Å²) < 4.78 is 0. The van der Waals surface area contributed by atoms with Crippen LogP contribution in [-0.4, -0.2) is 11.8 Å². The van der Waals surface area contributed by atoms with E-state index < -0.39 is 0 Å². The second kappa shape index (κ2) is 9.53. The largest absolute Gasteiger partial charge is 0.326 e. The second-order valence-electron chi connectivity index (χ2n) is 6.87. The molecule has 1 fully saturated rings. The maximum absolute atomic E-state index is 12.6. The van der Waals surface area contributed by atoms with Crippen LogP contribution in [0.1, 0.15) is 47.2 Å². The monoisotopic (exact) mass is 387 g/mol. The number of anilines is 2. The van der Waals surface area contributed by atoms with Gasteiger partial charge in [0.25, 0.3) is 5.91 Å². The molecule has 1 aliphatic rings. The highest BCUT2D eigenvalue weighted by Gasteiger charge is 2.23. The van der Waals surface area contributed by atoms with Gasteiger partial charge in [0.15, 0.2) is 0 Å². The number of rotatable bonds is 5. The van der Waals surface area contributed by atoms with Crippen molar-refractivity contribution < 1.29 is 9.59 Å². The minimum atomic E-state index is -0.212. The summed E-state index contributed by atoms with van der Waals surface area (Å²) >= 11 is 0. The first-order valence-electron chi connectivity index (χ1n) is 9.08. The number of halogens is 1. The van der Waals surface area contributed by atoms with Crippen LogP contribution in [-0.2, 0) is 11.3 Å². The average molecular weight is 388 g/mol. The van der Waals surface area contributed by atoms with E-state index >= 15 is 0 Å². The Bertz CT molecular complexity index is 800. The topological polar surface area (TPSA) is 84.2 Å². The highest BCUT2D eigenvalue weighted by Crippen LogP contribution is 2.29. The van der Waals surface area contributed by atoms with Crippen LogP contribution in [0.25, 0.3) is 0 Å². The zero-order valence-electron chi connectivity index (χ0n) is 15.5. The first-order valence-corrected chi connectivity index (χ1v) is 9.08. The van der Waals surface area contributed by atoms with E-state index in [1.54, 1.807) is 12.1 Å². The molecule has 2 aromatic carbocycles. The Morgan fingerprint density at radius 3 is 2.30 bits per heavy atom. The maximum atomic E-state index is 12.6. The number of hydrogen-bond acceptors (Lipinski definition) is 3. The Hall–Kier alpha value is -2.37. The van der Waals surface area contributed by atoms with Crippen molar-refractivity contribution in [3.63, 3.8) is 0 Å². The number of amides is 2. The van der Waals surface area contributed by atoms with Crippen LogP contribution in [0.15, 0.2) is 42.5 Å². The molecule has 0 aromatic heterocycles. The van der Waals surface area contributed by atoms with Crippen LogP contribution in [0.5, 0.6) is 0 Å². The fraction of sp³-hybridized carbons (Fsp3) is 0.333. The molecule has 0 saturated heterocycles. The van der Waals surface area contributed by atoms with E-state index in [0.29, 0.717) is 23.5 Å². The molecule has 2 amide bonds. The normalized spacial score (nSPS) is 13.7. The fourth-order valence-corrected chi connectivity index (χ4v) is 3.28. The van der Waals surface area contributed by atoms with E-state index in [1.807, 2.05) is 37.3 Å². The Labute approximate surface area is 166 Å². The van der Waals surface area contributed by atoms with Crippen LogP contribution in [0.3, 0.4) is 0 Å². The van der Waals surface area contributed by atoms with Gasteiger partial charge in [0, 0.05) is 18.0 Å². The van der Waals surface area contributed by atoms with Crippen molar-refractivity contribution >= 4 is 35.6 Å². The van der Waals surface area contributed by atoms with Crippen LogP contribution in [0, 0.1) is 12.8 Å². The lowest BCUT2D eigenvalue weighted by molar-refractivity contribution is -0.119. The Morgan fingerprint density at radius 1 is 1.00 bits per heavy atom. The predicted octanol–water partition coefficient (Wildman–Crippen LogP) is 4.26. The van der Waals surface area contributed by atoms with Crippen LogP contribution in [0.2, 0.25) is 0 Å². The molecule has 1 saturated carbocycles. The molecule has 0 bridgehead atoms. The SMILES string of the molecule is Cc1ccc(NC(=O)C2CCCC2)c(NC(=O)c2ccc(CN)cc2)c1.Cl. The molecule has 0 heterocycles. The van der Waals surface area contributed by atoms with Crippen LogP contribution in [0.4, 0.5) is 11.4 Å². The summed E-state index contributed by atoms with van der Waals surface area (Å²) in [6.45, 7) is 2.39. The third-order valence-electron chi connectivity index (χ3n) is 4.86. The predicted molar refractivity (Wildman–Crippen MR) is 111 cm³/mol. The molecule has 0 radical (unpaired) electrons. The summed E-state index contributed by atoms with van der Waals surface area (Å²) in [5.74, 6) is -0.103. The lowest BCUT2D eigenvalue weighted by atomic mass is 10.1. The molecule has 0 unspecified atom stereocenters. The van der Waals surface area contributed by atoms with Crippen molar-refractivity contribution in [2.24, 2.45) is 11.7 Å². The molecule has 6 heteroatoms. The Morgan fingerprint density at radius 2 is 1.67 bits per heavy atom. The third-order valence-corrected chi connectivity index (χ3v) is 4.86. The summed E-state index contributed by atoms with van der Waals surface area (Å²) in [5, 5.41) is 5.90. The Kier molecular flexibility index (Phi) is 7.39. The number of nitrogens with two attached hydrogens (primary N) is 1. The van der Waals surface area contributed by atoms with Gasteiger partial charge in [-0.05, 0) is 55.2 Å². The standard InChI is InChI=1S/C21H25N3O2.ClH/c1-14-6-11-18(23-20(25)16-4-2-3-5-16)19(12-14)24-21(26)17-9-7-15(13-22)8-10-17;/h6-12,16H,2-5,13,22H2,1H3,(H,23,25)(H,24,26);1H. The summed E-state index contributed by atoms with van der Waals surface area (Å²) in [4.78, 5) is 25.0. The van der Waals surface area contributed by atoms with E-state index in [2.05, 4.69) is 10.6 Å². The van der Waals surface area contributed by atoms with Gasteiger partial charge in [-0.3, -0.25) is 9.59 Å². The van der Waals surface area contributed by atoms with Gasteiger partial charge in [0.1, 0.15) is 0 Å². The molecule has 0 atom stereocenters. The van der Waals surface area contributed by atoms with Gasteiger partial charge < -0.3 is 16.4 Å². The number of carbonyl (C=O) groups is 2. The molecule has 1 aliphatic carbocycles. The smallest absolute Gasteiger partial charge is 0.255 e. The van der Waals surface area contributed by atoms with Crippen molar-refractivity contribution in [2.75, 3.05) is 10.6 Å². The Balaban J connectivity index is 0.00000261. The molecule has 4 N–H and O–H groups in total. The minimum Gasteiger partial charge on any atom is -0.326 e. The number of hydrogen-bond donors (Lipinski definition) is 3. The molecule has 144 valence electrons. The number of nitrogens with one attached hydrogen (secondary N) is 2. The lowest BCUT2D eigenvalue weighted by Gasteiger charge is -2.15. The number of aryl methyl sites for hydroxylation is 1. The van der Waals surface area contributed by atoms with Gasteiger partial charge in [0.05, 0.1) is 11.4 Å². The fourth-order valence-electron chi connectivity index (χ4n) is 3.28. The first kappa shape index (κ1) is 20.9. The van der Waals surface area contributed by atoms with E-state index in [9.17, 15) is 9.59 Å². The quantitative estimate of drug-likeness (QED) is 0.716. The lowest BCUT2D eigenvalue weighted by Crippen LogP contribution is -2.22. The van der Waals surface area contributed by atoms with Gasteiger partial charge in [0.2, 0.25) is 5.91 Å². The number of benzene rings is 2. The van der Waals surface area contributed by atoms with Gasteiger partial charge in [-0.25, -0.2) is 0 Å². The zero-order valence-corrected chi connectivity index (χ0v) is 16.3. The molecule has 0 aliphatic heterocycles. The molecular formula is C21H26ClN3O2. The highest BCUT2D eigenvalue weighted by molar-refractivity contribution is 6.07. The second-order valence-corrected chi connectivity index (χ2v) is 6.87.